The van der Waals surface area contributed by atoms with Gasteiger partial charge in [-0.25, -0.2) is 0 Å². The number of benzene rings is 2. The predicted molar refractivity (Wildman–Crippen MR) is 103 cm³/mol. The molecule has 2 atom stereocenters. The molecule has 1 aliphatic carbocycles. The minimum absolute atomic E-state index is 0.0734. The average molecular weight is 368 g/mol. The average Bonchev–Trinajstić information content (AvgIpc) is 3.49. The van der Waals surface area contributed by atoms with E-state index in [-0.39, 0.29) is 23.7 Å². The zero-order chi connectivity index (χ0) is 19.2. The minimum atomic E-state index is -0.275. The molecule has 1 fully saturated rings. The van der Waals surface area contributed by atoms with Crippen LogP contribution in [-0.2, 0) is 16.0 Å². The number of anilines is 1. The molecule has 2 unspecified atom stereocenters. The number of rotatable bonds is 8. The second-order valence-electron chi connectivity index (χ2n) is 6.52. The van der Waals surface area contributed by atoms with Crippen LogP contribution in [0.2, 0.25) is 0 Å². The molecule has 1 aliphatic rings. The van der Waals surface area contributed by atoms with E-state index >= 15 is 0 Å². The van der Waals surface area contributed by atoms with E-state index in [0.29, 0.717) is 30.8 Å². The number of carbonyl (C=O) groups is 2. The van der Waals surface area contributed by atoms with Crippen LogP contribution >= 0.6 is 0 Å². The number of ether oxygens (including phenoxy) is 2. The number of nitrogens with one attached hydrogen (secondary N) is 2. The molecule has 0 saturated heterocycles. The smallest absolute Gasteiger partial charge is 0.228 e. The van der Waals surface area contributed by atoms with Crippen LogP contribution in [0.3, 0.4) is 0 Å². The molecule has 0 spiro atoms. The quantitative estimate of drug-likeness (QED) is 0.751. The maximum absolute atomic E-state index is 12.3. The van der Waals surface area contributed by atoms with Crippen LogP contribution in [0.15, 0.2) is 48.5 Å². The summed E-state index contributed by atoms with van der Waals surface area (Å²) in [5.41, 5.74) is 1.71. The third-order valence-corrected chi connectivity index (χ3v) is 4.69. The summed E-state index contributed by atoms with van der Waals surface area (Å²) in [6.07, 6.45) is 1.26. The Morgan fingerprint density at radius 1 is 1.00 bits per heavy atom. The highest BCUT2D eigenvalue weighted by atomic mass is 16.5. The van der Waals surface area contributed by atoms with Gasteiger partial charge in [-0.15, -0.1) is 0 Å². The molecule has 0 radical (unpaired) electrons. The van der Waals surface area contributed by atoms with E-state index in [1.54, 1.807) is 26.4 Å². The molecule has 2 amide bonds. The fraction of sp³-hybridized carbons (Fsp3) is 0.333. The van der Waals surface area contributed by atoms with Gasteiger partial charge < -0.3 is 20.1 Å². The normalized spacial score (nSPS) is 17.7. The van der Waals surface area contributed by atoms with Crippen molar-refractivity contribution in [3.63, 3.8) is 0 Å². The highest BCUT2D eigenvalue weighted by Crippen LogP contribution is 2.39. The monoisotopic (exact) mass is 368 g/mol. The summed E-state index contributed by atoms with van der Waals surface area (Å²) in [7, 11) is 3.21. The van der Waals surface area contributed by atoms with Gasteiger partial charge >= 0.3 is 0 Å². The Morgan fingerprint density at radius 3 is 2.56 bits per heavy atom. The van der Waals surface area contributed by atoms with E-state index in [1.807, 2.05) is 36.4 Å². The summed E-state index contributed by atoms with van der Waals surface area (Å²) >= 11 is 0. The maximum Gasteiger partial charge on any atom is 0.228 e. The summed E-state index contributed by atoms with van der Waals surface area (Å²) in [4.78, 5) is 24.6. The molecular formula is C21H24N2O4. The number of hydrogen-bond acceptors (Lipinski definition) is 4. The first-order valence-corrected chi connectivity index (χ1v) is 8.97. The van der Waals surface area contributed by atoms with Crippen LogP contribution in [-0.4, -0.2) is 32.6 Å². The first-order chi connectivity index (χ1) is 13.1. The topological polar surface area (TPSA) is 76.7 Å². The van der Waals surface area contributed by atoms with Crippen molar-refractivity contribution in [1.82, 2.24) is 5.32 Å². The van der Waals surface area contributed by atoms with E-state index in [2.05, 4.69) is 10.6 Å². The van der Waals surface area contributed by atoms with Crippen LogP contribution in [0.5, 0.6) is 11.5 Å². The van der Waals surface area contributed by atoms with Crippen molar-refractivity contribution in [3.8, 4) is 11.5 Å². The highest BCUT2D eigenvalue weighted by molar-refractivity contribution is 5.99. The molecule has 3 rings (SSSR count). The van der Waals surface area contributed by atoms with Gasteiger partial charge in [-0.3, -0.25) is 9.59 Å². The minimum Gasteiger partial charge on any atom is -0.497 e. The first kappa shape index (κ1) is 18.8. The lowest BCUT2D eigenvalue weighted by molar-refractivity contribution is -0.125. The van der Waals surface area contributed by atoms with Crippen LogP contribution in [0.4, 0.5) is 5.69 Å². The van der Waals surface area contributed by atoms with Crippen molar-refractivity contribution < 1.29 is 19.1 Å². The van der Waals surface area contributed by atoms with Gasteiger partial charge in [0.15, 0.2) is 0 Å². The standard InChI is InChI=1S/C21H24N2O4/c1-26-16-8-5-7-15(12-16)23-21(25)18-13-17(18)20(24)22-11-10-14-6-3-4-9-19(14)27-2/h3-9,12,17-18H,10-11,13H2,1-2H3,(H,22,24)(H,23,25). The summed E-state index contributed by atoms with van der Waals surface area (Å²) in [6.45, 7) is 0.514. The van der Waals surface area contributed by atoms with E-state index < -0.39 is 0 Å². The number of hydrogen-bond donors (Lipinski definition) is 2. The molecule has 6 heteroatoms. The zero-order valence-corrected chi connectivity index (χ0v) is 15.5. The van der Waals surface area contributed by atoms with Gasteiger partial charge in [0.1, 0.15) is 11.5 Å². The molecule has 1 saturated carbocycles. The SMILES string of the molecule is COc1cccc(NC(=O)C2CC2C(=O)NCCc2ccccc2OC)c1. The molecule has 2 N–H and O–H groups in total. The van der Waals surface area contributed by atoms with Crippen LogP contribution in [0, 0.1) is 11.8 Å². The van der Waals surface area contributed by atoms with Gasteiger partial charge in [-0.1, -0.05) is 24.3 Å². The van der Waals surface area contributed by atoms with E-state index in [0.717, 1.165) is 11.3 Å². The van der Waals surface area contributed by atoms with Gasteiger partial charge in [0.05, 0.1) is 26.1 Å². The highest BCUT2D eigenvalue weighted by Gasteiger charge is 2.47. The zero-order valence-electron chi connectivity index (χ0n) is 15.5. The molecule has 2 aromatic carbocycles. The van der Waals surface area contributed by atoms with E-state index in [9.17, 15) is 9.59 Å². The Balaban J connectivity index is 1.45. The largest absolute Gasteiger partial charge is 0.497 e. The van der Waals surface area contributed by atoms with Crippen LogP contribution in [0.25, 0.3) is 0 Å². The molecule has 142 valence electrons. The fourth-order valence-electron chi connectivity index (χ4n) is 3.07. The van der Waals surface area contributed by atoms with E-state index in [4.69, 9.17) is 9.47 Å². The molecule has 0 bridgehead atoms. The molecule has 27 heavy (non-hydrogen) atoms. The Kier molecular flexibility index (Phi) is 5.96. The van der Waals surface area contributed by atoms with Crippen molar-refractivity contribution in [3.05, 3.63) is 54.1 Å². The number of carbonyl (C=O) groups excluding carboxylic acids is 2. The Morgan fingerprint density at radius 2 is 1.78 bits per heavy atom. The van der Waals surface area contributed by atoms with Crippen LogP contribution in [0.1, 0.15) is 12.0 Å². The van der Waals surface area contributed by atoms with Crippen LogP contribution < -0.4 is 20.1 Å². The third kappa shape index (κ3) is 4.78. The lowest BCUT2D eigenvalue weighted by Crippen LogP contribution is -2.29. The van der Waals surface area contributed by atoms with Crippen molar-refractivity contribution in [1.29, 1.82) is 0 Å². The first-order valence-electron chi connectivity index (χ1n) is 8.97. The summed E-state index contributed by atoms with van der Waals surface area (Å²) in [5.74, 6) is 0.752. The van der Waals surface area contributed by atoms with Crippen molar-refractivity contribution in [2.24, 2.45) is 11.8 Å². The Labute approximate surface area is 158 Å². The molecule has 2 aromatic rings. The fourth-order valence-corrected chi connectivity index (χ4v) is 3.07. The number of para-hydroxylation sites is 1. The number of methoxy groups -OCH3 is 2. The molecule has 6 nitrogen and oxygen atoms in total. The van der Waals surface area contributed by atoms with Gasteiger partial charge in [0, 0.05) is 18.3 Å². The van der Waals surface area contributed by atoms with E-state index in [1.165, 1.54) is 0 Å². The van der Waals surface area contributed by atoms with Gasteiger partial charge in [-0.2, -0.15) is 0 Å². The lowest BCUT2D eigenvalue weighted by Gasteiger charge is -2.09. The predicted octanol–water partition coefficient (Wildman–Crippen LogP) is 2.64. The van der Waals surface area contributed by atoms with Gasteiger partial charge in [0.2, 0.25) is 11.8 Å². The summed E-state index contributed by atoms with van der Waals surface area (Å²) in [5, 5.41) is 5.76. The molecule has 0 heterocycles. The summed E-state index contributed by atoms with van der Waals surface area (Å²) < 4.78 is 10.5. The van der Waals surface area contributed by atoms with Crippen molar-refractivity contribution in [2.45, 2.75) is 12.8 Å². The van der Waals surface area contributed by atoms with Gasteiger partial charge in [0.25, 0.3) is 0 Å². The Hall–Kier alpha value is -3.02. The number of amides is 2. The second-order valence-corrected chi connectivity index (χ2v) is 6.52. The summed E-state index contributed by atoms with van der Waals surface area (Å²) in [6, 6.07) is 14.9. The Bertz CT molecular complexity index is 821. The second kappa shape index (κ2) is 8.58. The lowest BCUT2D eigenvalue weighted by atomic mass is 10.1. The van der Waals surface area contributed by atoms with Crippen molar-refractivity contribution in [2.75, 3.05) is 26.1 Å². The van der Waals surface area contributed by atoms with Crippen molar-refractivity contribution >= 4 is 17.5 Å². The third-order valence-electron chi connectivity index (χ3n) is 4.69. The molecule has 0 aliphatic heterocycles. The molecular weight excluding hydrogens is 344 g/mol. The molecule has 0 aromatic heterocycles. The maximum atomic E-state index is 12.3. The van der Waals surface area contributed by atoms with Gasteiger partial charge in [-0.05, 0) is 36.6 Å².